The first-order chi connectivity index (χ1) is 14.1. The van der Waals surface area contributed by atoms with Crippen LogP contribution in [0.1, 0.15) is 32.9 Å². The van der Waals surface area contributed by atoms with Gasteiger partial charge in [-0.05, 0) is 37.6 Å². The van der Waals surface area contributed by atoms with Crippen molar-refractivity contribution in [2.45, 2.75) is 20.4 Å². The van der Waals surface area contributed by atoms with E-state index < -0.39 is 0 Å². The molecule has 4 aromatic rings. The van der Waals surface area contributed by atoms with Gasteiger partial charge in [0.05, 0.1) is 34.4 Å². The lowest BCUT2D eigenvalue weighted by Gasteiger charge is -2.09. The number of nitrogens with one attached hydrogen (secondary N) is 1. The molecule has 0 aliphatic heterocycles. The Bertz CT molecular complexity index is 1250. The van der Waals surface area contributed by atoms with Gasteiger partial charge < -0.3 is 5.32 Å². The summed E-state index contributed by atoms with van der Waals surface area (Å²) in [5.74, 6) is -0.287. The number of hydrogen-bond acceptors (Lipinski definition) is 4. The highest BCUT2D eigenvalue weighted by molar-refractivity contribution is 6.13. The number of amides is 1. The molecule has 6 heteroatoms. The Hall–Kier alpha value is -3.98. The third kappa shape index (κ3) is 3.58. The van der Waals surface area contributed by atoms with Crippen molar-refractivity contribution in [3.63, 3.8) is 0 Å². The fourth-order valence-corrected chi connectivity index (χ4v) is 3.40. The number of nitriles is 1. The summed E-state index contributed by atoms with van der Waals surface area (Å²) in [6.45, 7) is 4.30. The average molecular weight is 381 g/mol. The fraction of sp³-hybridized carbons (Fsp3) is 0.130. The van der Waals surface area contributed by atoms with E-state index in [0.29, 0.717) is 29.0 Å². The molecule has 2 heterocycles. The SMILES string of the molecule is Cc1cc(C(=O)Nc2ccccc2C#N)c2c(C)nn(Cc3ccccc3)c2n1. The van der Waals surface area contributed by atoms with E-state index in [0.717, 1.165) is 22.3 Å². The Labute approximate surface area is 168 Å². The predicted molar refractivity (Wildman–Crippen MR) is 112 cm³/mol. The van der Waals surface area contributed by atoms with Gasteiger partial charge in [0.1, 0.15) is 6.07 Å². The topological polar surface area (TPSA) is 83.6 Å². The Balaban J connectivity index is 1.77. The van der Waals surface area contributed by atoms with Gasteiger partial charge in [-0.25, -0.2) is 9.67 Å². The van der Waals surface area contributed by atoms with Gasteiger partial charge in [-0.15, -0.1) is 0 Å². The van der Waals surface area contributed by atoms with Crippen molar-refractivity contribution >= 4 is 22.6 Å². The lowest BCUT2D eigenvalue weighted by atomic mass is 10.1. The molecule has 6 nitrogen and oxygen atoms in total. The first kappa shape index (κ1) is 18.4. The summed E-state index contributed by atoms with van der Waals surface area (Å²) in [5, 5.41) is 17.5. The van der Waals surface area contributed by atoms with E-state index in [1.54, 1.807) is 30.3 Å². The Morgan fingerprint density at radius 3 is 2.59 bits per heavy atom. The van der Waals surface area contributed by atoms with Crippen LogP contribution in [-0.4, -0.2) is 20.7 Å². The van der Waals surface area contributed by atoms with Gasteiger partial charge in [0.2, 0.25) is 0 Å². The summed E-state index contributed by atoms with van der Waals surface area (Å²) >= 11 is 0. The maximum atomic E-state index is 13.1. The number of carbonyl (C=O) groups is 1. The highest BCUT2D eigenvalue weighted by atomic mass is 16.1. The molecule has 0 saturated carbocycles. The van der Waals surface area contributed by atoms with Crippen LogP contribution in [0.3, 0.4) is 0 Å². The number of benzene rings is 2. The molecule has 1 N–H and O–H groups in total. The summed E-state index contributed by atoms with van der Waals surface area (Å²) in [4.78, 5) is 17.7. The smallest absolute Gasteiger partial charge is 0.256 e. The molecular weight excluding hydrogens is 362 g/mol. The second-order valence-corrected chi connectivity index (χ2v) is 6.85. The van der Waals surface area contributed by atoms with Crippen LogP contribution >= 0.6 is 0 Å². The Kier molecular flexibility index (Phi) is 4.80. The van der Waals surface area contributed by atoms with E-state index in [1.807, 2.05) is 48.9 Å². The third-order valence-electron chi connectivity index (χ3n) is 4.72. The van der Waals surface area contributed by atoms with Crippen LogP contribution in [-0.2, 0) is 6.54 Å². The summed E-state index contributed by atoms with van der Waals surface area (Å²) < 4.78 is 1.83. The normalized spacial score (nSPS) is 10.7. The van der Waals surface area contributed by atoms with Gasteiger partial charge in [0.25, 0.3) is 5.91 Å². The van der Waals surface area contributed by atoms with E-state index in [1.165, 1.54) is 0 Å². The number of carbonyl (C=O) groups excluding carboxylic acids is 1. The molecule has 2 aromatic carbocycles. The standard InChI is InChI=1S/C23H19N5O/c1-15-12-19(23(29)26-20-11-7-6-10-18(20)13-24)21-16(2)27-28(22(21)25-15)14-17-8-4-3-5-9-17/h3-12H,14H2,1-2H3,(H,26,29). The van der Waals surface area contributed by atoms with Crippen LogP contribution in [0, 0.1) is 25.2 Å². The molecule has 0 unspecified atom stereocenters. The number of fused-ring (bicyclic) bond motifs is 1. The van der Waals surface area contributed by atoms with Crippen LogP contribution in [0.15, 0.2) is 60.7 Å². The van der Waals surface area contributed by atoms with Gasteiger partial charge in [0, 0.05) is 5.69 Å². The Morgan fingerprint density at radius 2 is 1.83 bits per heavy atom. The van der Waals surface area contributed by atoms with Crippen molar-refractivity contribution in [3.8, 4) is 6.07 Å². The van der Waals surface area contributed by atoms with Gasteiger partial charge in [-0.1, -0.05) is 42.5 Å². The number of para-hydroxylation sites is 1. The van der Waals surface area contributed by atoms with Crippen molar-refractivity contribution in [3.05, 3.63) is 88.7 Å². The lowest BCUT2D eigenvalue weighted by Crippen LogP contribution is -2.14. The number of hydrogen-bond donors (Lipinski definition) is 1. The average Bonchev–Trinajstić information content (AvgIpc) is 3.03. The van der Waals surface area contributed by atoms with Gasteiger partial charge >= 0.3 is 0 Å². The molecule has 0 bridgehead atoms. The molecule has 0 aliphatic rings. The number of aryl methyl sites for hydroxylation is 2. The summed E-state index contributed by atoms with van der Waals surface area (Å²) in [7, 11) is 0. The van der Waals surface area contributed by atoms with Crippen LogP contribution < -0.4 is 5.32 Å². The van der Waals surface area contributed by atoms with Crippen molar-refractivity contribution in [2.75, 3.05) is 5.32 Å². The second kappa shape index (κ2) is 7.56. The van der Waals surface area contributed by atoms with Gasteiger partial charge in [-0.3, -0.25) is 4.79 Å². The van der Waals surface area contributed by atoms with E-state index in [-0.39, 0.29) is 5.91 Å². The quantitative estimate of drug-likeness (QED) is 0.574. The first-order valence-corrected chi connectivity index (χ1v) is 9.26. The summed E-state index contributed by atoms with van der Waals surface area (Å²) in [6.07, 6.45) is 0. The minimum Gasteiger partial charge on any atom is -0.321 e. The van der Waals surface area contributed by atoms with Crippen molar-refractivity contribution < 1.29 is 4.79 Å². The van der Waals surface area contributed by atoms with Crippen molar-refractivity contribution in [1.29, 1.82) is 5.26 Å². The molecule has 0 spiro atoms. The monoisotopic (exact) mass is 381 g/mol. The second-order valence-electron chi connectivity index (χ2n) is 6.85. The Morgan fingerprint density at radius 1 is 1.10 bits per heavy atom. The van der Waals surface area contributed by atoms with Gasteiger partial charge in [0.15, 0.2) is 5.65 Å². The minimum absolute atomic E-state index is 0.287. The maximum absolute atomic E-state index is 13.1. The molecule has 2 aromatic heterocycles. The van der Waals surface area contributed by atoms with Crippen LogP contribution in [0.4, 0.5) is 5.69 Å². The first-order valence-electron chi connectivity index (χ1n) is 9.26. The highest BCUT2D eigenvalue weighted by Crippen LogP contribution is 2.24. The van der Waals surface area contributed by atoms with E-state index in [9.17, 15) is 10.1 Å². The summed E-state index contributed by atoms with van der Waals surface area (Å²) in [6, 6.07) is 20.8. The molecule has 0 radical (unpaired) electrons. The number of anilines is 1. The van der Waals surface area contributed by atoms with Crippen LogP contribution in [0.2, 0.25) is 0 Å². The molecule has 142 valence electrons. The highest BCUT2D eigenvalue weighted by Gasteiger charge is 2.19. The molecule has 0 aliphatic carbocycles. The number of rotatable bonds is 4. The molecule has 4 rings (SSSR count). The minimum atomic E-state index is -0.287. The molecule has 0 atom stereocenters. The number of nitrogens with zero attached hydrogens (tertiary/aromatic N) is 4. The van der Waals surface area contributed by atoms with Crippen molar-refractivity contribution in [1.82, 2.24) is 14.8 Å². The van der Waals surface area contributed by atoms with Crippen LogP contribution in [0.25, 0.3) is 11.0 Å². The summed E-state index contributed by atoms with van der Waals surface area (Å²) in [5.41, 5.74) is 4.64. The largest absolute Gasteiger partial charge is 0.321 e. The van der Waals surface area contributed by atoms with Crippen molar-refractivity contribution in [2.24, 2.45) is 0 Å². The number of aromatic nitrogens is 3. The molecular formula is C23H19N5O. The van der Waals surface area contributed by atoms with E-state index in [2.05, 4.69) is 21.5 Å². The zero-order chi connectivity index (χ0) is 20.4. The number of pyridine rings is 1. The fourth-order valence-electron chi connectivity index (χ4n) is 3.40. The zero-order valence-electron chi connectivity index (χ0n) is 16.2. The van der Waals surface area contributed by atoms with Gasteiger partial charge in [-0.2, -0.15) is 10.4 Å². The van der Waals surface area contributed by atoms with E-state index >= 15 is 0 Å². The van der Waals surface area contributed by atoms with Crippen LogP contribution in [0.5, 0.6) is 0 Å². The zero-order valence-corrected chi connectivity index (χ0v) is 16.2. The third-order valence-corrected chi connectivity index (χ3v) is 4.72. The molecule has 1 amide bonds. The maximum Gasteiger partial charge on any atom is 0.256 e. The lowest BCUT2D eigenvalue weighted by molar-refractivity contribution is 0.102. The van der Waals surface area contributed by atoms with E-state index in [4.69, 9.17) is 0 Å². The predicted octanol–water partition coefficient (Wildman–Crippen LogP) is 4.22. The molecule has 29 heavy (non-hydrogen) atoms. The molecule has 0 saturated heterocycles. The molecule has 0 fully saturated rings.